The largest absolute Gasteiger partial charge is 0.384 e. The van der Waals surface area contributed by atoms with E-state index >= 15 is 0 Å². The number of halogens is 1. The van der Waals surface area contributed by atoms with E-state index in [4.69, 9.17) is 11.6 Å². The average Bonchev–Trinajstić information content (AvgIpc) is 2.75. The molecule has 0 radical (unpaired) electrons. The number of rotatable bonds is 11. The lowest BCUT2D eigenvalue weighted by Gasteiger charge is -2.34. The lowest BCUT2D eigenvalue weighted by molar-refractivity contribution is 0.131. The van der Waals surface area contributed by atoms with E-state index in [1.54, 1.807) is 13.8 Å². The molecule has 9 heteroatoms. The van der Waals surface area contributed by atoms with Crippen molar-refractivity contribution in [2.24, 2.45) is 0 Å². The van der Waals surface area contributed by atoms with Crippen molar-refractivity contribution < 1.29 is 8.42 Å². The van der Waals surface area contributed by atoms with Gasteiger partial charge in [0.15, 0.2) is 0 Å². The van der Waals surface area contributed by atoms with Gasteiger partial charge in [-0.1, -0.05) is 11.6 Å². The Labute approximate surface area is 191 Å². The monoisotopic (exact) mass is 467 g/mol. The summed E-state index contributed by atoms with van der Waals surface area (Å²) < 4.78 is 26.2. The van der Waals surface area contributed by atoms with Crippen molar-refractivity contribution in [2.45, 2.75) is 31.9 Å². The van der Waals surface area contributed by atoms with Crippen LogP contribution in [0.3, 0.4) is 0 Å². The molecule has 0 unspecified atom stereocenters. The molecule has 0 aliphatic carbocycles. The lowest BCUT2D eigenvalue weighted by atomic mass is 10.2. The Kier molecular flexibility index (Phi) is 8.92. The molecule has 172 valence electrons. The molecule has 0 saturated carbocycles. The highest BCUT2D eigenvalue weighted by Gasteiger charge is 2.17. The molecule has 0 atom stereocenters. The van der Waals surface area contributed by atoms with Gasteiger partial charge >= 0.3 is 0 Å². The molecule has 1 aromatic carbocycles. The van der Waals surface area contributed by atoms with Gasteiger partial charge in [-0.05, 0) is 64.0 Å². The maximum Gasteiger partial charge on any atom is 0.213 e. The highest BCUT2D eigenvalue weighted by molar-refractivity contribution is 7.90. The van der Waals surface area contributed by atoms with Gasteiger partial charge in [0.2, 0.25) is 10.0 Å². The number of piperazine rings is 1. The zero-order valence-corrected chi connectivity index (χ0v) is 20.1. The predicted molar refractivity (Wildman–Crippen MR) is 129 cm³/mol. The van der Waals surface area contributed by atoms with Crippen LogP contribution in [0.2, 0.25) is 5.02 Å². The van der Waals surface area contributed by atoms with Gasteiger partial charge < -0.3 is 15.1 Å². The Balaban J connectivity index is 1.31. The van der Waals surface area contributed by atoms with Crippen molar-refractivity contribution in [2.75, 3.05) is 57.7 Å². The van der Waals surface area contributed by atoms with E-state index in [2.05, 4.69) is 24.8 Å². The fraction of sp³-hybridized carbons (Fsp3) is 0.591. The molecule has 1 fully saturated rings. The standard InChI is InChI=1S/C22H34ClN5O2S/c1-18(2)31(29,30)26-9-4-12-28-15-13-27(14-16-28)11-3-8-24-21-7-10-25-22-17-19(23)5-6-20(21)22/h5-7,10,17-18,26H,3-4,8-9,11-16H2,1-2H3,(H,24,25). The highest BCUT2D eigenvalue weighted by Crippen LogP contribution is 2.24. The SMILES string of the molecule is CC(C)S(=O)(=O)NCCCN1CCN(CCCNc2ccnc3cc(Cl)ccc23)CC1. The van der Waals surface area contributed by atoms with Gasteiger partial charge in [0, 0.05) is 61.6 Å². The van der Waals surface area contributed by atoms with E-state index in [1.807, 2.05) is 30.5 Å². The van der Waals surface area contributed by atoms with Crippen LogP contribution in [0.5, 0.6) is 0 Å². The summed E-state index contributed by atoms with van der Waals surface area (Å²) in [4.78, 5) is 9.31. The van der Waals surface area contributed by atoms with Gasteiger partial charge in [0.05, 0.1) is 10.8 Å². The van der Waals surface area contributed by atoms with Crippen LogP contribution in [0.25, 0.3) is 10.9 Å². The molecule has 31 heavy (non-hydrogen) atoms. The Morgan fingerprint density at radius 2 is 1.68 bits per heavy atom. The van der Waals surface area contributed by atoms with Crippen LogP contribution in [0.15, 0.2) is 30.5 Å². The summed E-state index contributed by atoms with van der Waals surface area (Å²) in [5.74, 6) is 0. The fourth-order valence-corrected chi connectivity index (χ4v) is 4.65. The molecule has 0 spiro atoms. The fourth-order valence-electron chi connectivity index (χ4n) is 3.72. The molecule has 2 aromatic rings. The summed E-state index contributed by atoms with van der Waals surface area (Å²) >= 11 is 6.06. The maximum atomic E-state index is 11.8. The van der Waals surface area contributed by atoms with Crippen molar-refractivity contribution in [1.29, 1.82) is 0 Å². The van der Waals surface area contributed by atoms with Gasteiger partial charge in [-0.2, -0.15) is 0 Å². The molecule has 7 nitrogen and oxygen atoms in total. The zero-order valence-electron chi connectivity index (χ0n) is 18.5. The van der Waals surface area contributed by atoms with E-state index in [0.717, 1.165) is 75.2 Å². The lowest BCUT2D eigenvalue weighted by Crippen LogP contribution is -2.47. The summed E-state index contributed by atoms with van der Waals surface area (Å²) in [7, 11) is -3.15. The first-order chi connectivity index (χ1) is 14.8. The minimum Gasteiger partial charge on any atom is -0.384 e. The van der Waals surface area contributed by atoms with Gasteiger partial charge in [-0.25, -0.2) is 13.1 Å². The molecule has 1 aromatic heterocycles. The molecule has 1 aliphatic rings. The number of nitrogens with one attached hydrogen (secondary N) is 2. The van der Waals surface area contributed by atoms with Crippen molar-refractivity contribution in [3.63, 3.8) is 0 Å². The third-order valence-corrected chi connectivity index (χ3v) is 7.79. The Bertz CT molecular complexity index is 946. The first-order valence-corrected chi connectivity index (χ1v) is 13.0. The van der Waals surface area contributed by atoms with Crippen molar-refractivity contribution in [3.8, 4) is 0 Å². The number of sulfonamides is 1. The topological polar surface area (TPSA) is 77.6 Å². The minimum absolute atomic E-state index is 0.374. The number of fused-ring (bicyclic) bond motifs is 1. The van der Waals surface area contributed by atoms with Crippen LogP contribution in [-0.2, 0) is 10.0 Å². The molecule has 1 saturated heterocycles. The smallest absolute Gasteiger partial charge is 0.213 e. The van der Waals surface area contributed by atoms with Crippen LogP contribution in [-0.4, -0.2) is 80.8 Å². The first-order valence-electron chi connectivity index (χ1n) is 11.1. The Hall–Kier alpha value is -1.45. The number of benzene rings is 1. The normalized spacial score (nSPS) is 16.3. The van der Waals surface area contributed by atoms with Crippen molar-refractivity contribution in [3.05, 3.63) is 35.5 Å². The van der Waals surface area contributed by atoms with Crippen LogP contribution in [0.1, 0.15) is 26.7 Å². The van der Waals surface area contributed by atoms with Crippen LogP contribution in [0, 0.1) is 0 Å². The van der Waals surface area contributed by atoms with Crippen molar-refractivity contribution in [1.82, 2.24) is 19.5 Å². The van der Waals surface area contributed by atoms with E-state index in [0.29, 0.717) is 11.6 Å². The number of hydrogen-bond acceptors (Lipinski definition) is 6. The summed E-state index contributed by atoms with van der Waals surface area (Å²) in [6, 6.07) is 7.81. The molecule has 1 aliphatic heterocycles. The van der Waals surface area contributed by atoms with Crippen molar-refractivity contribution >= 4 is 38.2 Å². The summed E-state index contributed by atoms with van der Waals surface area (Å²) in [5.41, 5.74) is 2.00. The quantitative estimate of drug-likeness (QED) is 0.494. The molecule has 2 N–H and O–H groups in total. The third kappa shape index (κ3) is 7.29. The van der Waals surface area contributed by atoms with Crippen LogP contribution >= 0.6 is 11.6 Å². The number of hydrogen-bond donors (Lipinski definition) is 2. The third-order valence-electron chi connectivity index (χ3n) is 5.71. The second-order valence-corrected chi connectivity index (χ2v) is 11.1. The predicted octanol–water partition coefficient (Wildman–Crippen LogP) is 3.03. The molecule has 2 heterocycles. The second kappa shape index (κ2) is 11.4. The summed E-state index contributed by atoms with van der Waals surface area (Å²) in [6.07, 6.45) is 3.74. The average molecular weight is 468 g/mol. The van der Waals surface area contributed by atoms with E-state index in [9.17, 15) is 8.42 Å². The van der Waals surface area contributed by atoms with Gasteiger partial charge in [-0.3, -0.25) is 4.98 Å². The van der Waals surface area contributed by atoms with E-state index < -0.39 is 10.0 Å². The van der Waals surface area contributed by atoms with Crippen LogP contribution in [0.4, 0.5) is 5.69 Å². The molecular weight excluding hydrogens is 434 g/mol. The maximum absolute atomic E-state index is 11.8. The van der Waals surface area contributed by atoms with Crippen LogP contribution < -0.4 is 10.0 Å². The van der Waals surface area contributed by atoms with E-state index in [-0.39, 0.29) is 5.25 Å². The molecule has 0 amide bonds. The van der Waals surface area contributed by atoms with E-state index in [1.165, 1.54) is 0 Å². The molecule has 3 rings (SSSR count). The van der Waals surface area contributed by atoms with Gasteiger partial charge in [0.1, 0.15) is 0 Å². The first kappa shape index (κ1) is 24.2. The molecular formula is C22H34ClN5O2S. The number of nitrogens with zero attached hydrogens (tertiary/aromatic N) is 3. The number of aromatic nitrogens is 1. The number of pyridine rings is 1. The Morgan fingerprint density at radius 1 is 1.03 bits per heavy atom. The molecule has 0 bridgehead atoms. The summed E-state index contributed by atoms with van der Waals surface area (Å²) in [6.45, 7) is 11.1. The van der Waals surface area contributed by atoms with Gasteiger partial charge in [-0.15, -0.1) is 0 Å². The number of anilines is 1. The second-order valence-electron chi connectivity index (χ2n) is 8.33. The minimum atomic E-state index is -3.15. The zero-order chi connectivity index (χ0) is 22.3. The highest BCUT2D eigenvalue weighted by atomic mass is 35.5. The summed E-state index contributed by atoms with van der Waals surface area (Å²) in [5, 5.41) is 4.96. The Morgan fingerprint density at radius 3 is 2.32 bits per heavy atom. The van der Waals surface area contributed by atoms with Gasteiger partial charge in [0.25, 0.3) is 0 Å².